The van der Waals surface area contributed by atoms with Crippen LogP contribution in [0.15, 0.2) is 53.0 Å². The predicted molar refractivity (Wildman–Crippen MR) is 136 cm³/mol. The van der Waals surface area contributed by atoms with E-state index >= 15 is 0 Å². The molecule has 0 aliphatic carbocycles. The molecule has 1 aliphatic heterocycles. The molecule has 1 amide bonds. The predicted octanol–water partition coefficient (Wildman–Crippen LogP) is 2.70. The molecule has 0 bridgehead atoms. The summed E-state index contributed by atoms with van der Waals surface area (Å²) in [6.45, 7) is 7.34. The third-order valence-electron chi connectivity index (χ3n) is 5.94. The van der Waals surface area contributed by atoms with Crippen LogP contribution in [0, 0.1) is 18.3 Å². The molecule has 0 spiro atoms. The van der Waals surface area contributed by atoms with Crippen LogP contribution in [-0.4, -0.2) is 60.0 Å². The van der Waals surface area contributed by atoms with E-state index in [1.54, 1.807) is 36.5 Å². The number of amides is 1. The molecule has 1 fully saturated rings. The number of carbonyl (C=O) groups excluding carboxylic acids is 1. The van der Waals surface area contributed by atoms with Gasteiger partial charge in [-0.05, 0) is 62.9 Å². The molecule has 0 unspecified atom stereocenters. The van der Waals surface area contributed by atoms with E-state index in [4.69, 9.17) is 9.72 Å². The van der Waals surface area contributed by atoms with E-state index in [0.717, 1.165) is 18.7 Å². The molecule has 1 N–H and O–H groups in total. The quantitative estimate of drug-likeness (QED) is 0.435. The number of anilines is 2. The molecule has 0 radical (unpaired) electrons. The summed E-state index contributed by atoms with van der Waals surface area (Å²) in [6.07, 6.45) is 3.00. The third-order valence-corrected chi connectivity index (χ3v) is 5.94. The molecule has 0 atom stereocenters. The van der Waals surface area contributed by atoms with Crippen molar-refractivity contribution >= 4 is 29.1 Å². The summed E-state index contributed by atoms with van der Waals surface area (Å²) in [4.78, 5) is 35.5. The highest BCUT2D eigenvalue weighted by molar-refractivity contribution is 6.10. The number of nitrogens with one attached hydrogen (secondary N) is 1. The van der Waals surface area contributed by atoms with Crippen molar-refractivity contribution in [2.45, 2.75) is 13.8 Å². The Morgan fingerprint density at radius 1 is 1.20 bits per heavy atom. The molecule has 35 heavy (non-hydrogen) atoms. The second kappa shape index (κ2) is 10.4. The first-order valence-electron chi connectivity index (χ1n) is 11.5. The van der Waals surface area contributed by atoms with Crippen molar-refractivity contribution in [1.82, 2.24) is 14.3 Å². The second-order valence-corrected chi connectivity index (χ2v) is 8.41. The van der Waals surface area contributed by atoms with Crippen LogP contribution >= 0.6 is 0 Å². The number of nitriles is 1. The van der Waals surface area contributed by atoms with Gasteiger partial charge in [0, 0.05) is 38.1 Å². The number of fused-ring (bicyclic) bond motifs is 1. The number of carbonyl (C=O) groups is 1. The summed E-state index contributed by atoms with van der Waals surface area (Å²) in [7, 11) is 2.05. The standard InChI is InChI=1S/C26H28N6O3/c1-4-35-21-9-7-20(8-10-21)28-25(33)19(17-27)16-22-24(31-14-12-30(3)13-15-31)29-23-18(2)6-5-11-32(23)26(22)34/h5-11,16H,4,12-15H2,1-3H3,(H,28,33). The fraction of sp³-hybridized carbons (Fsp3) is 0.308. The molecule has 9 heteroatoms. The maximum atomic E-state index is 13.5. The number of nitrogens with zero attached hydrogens (tertiary/aromatic N) is 5. The van der Waals surface area contributed by atoms with Crippen LogP contribution in [0.25, 0.3) is 11.7 Å². The normalized spacial score (nSPS) is 14.6. The van der Waals surface area contributed by atoms with Crippen LogP contribution in [0.4, 0.5) is 11.5 Å². The van der Waals surface area contributed by atoms with E-state index in [2.05, 4.69) is 10.2 Å². The Morgan fingerprint density at radius 3 is 2.57 bits per heavy atom. The van der Waals surface area contributed by atoms with Gasteiger partial charge >= 0.3 is 0 Å². The number of piperazine rings is 1. The average molecular weight is 473 g/mol. The van der Waals surface area contributed by atoms with Gasteiger partial charge in [0.1, 0.15) is 28.9 Å². The molecule has 1 aliphatic rings. The lowest BCUT2D eigenvalue weighted by molar-refractivity contribution is -0.112. The zero-order valence-corrected chi connectivity index (χ0v) is 20.1. The number of aromatic nitrogens is 2. The van der Waals surface area contributed by atoms with Crippen LogP contribution in [0.5, 0.6) is 5.75 Å². The van der Waals surface area contributed by atoms with Gasteiger partial charge in [-0.15, -0.1) is 0 Å². The Morgan fingerprint density at radius 2 is 1.91 bits per heavy atom. The number of benzene rings is 1. The molecular formula is C26H28N6O3. The monoisotopic (exact) mass is 472 g/mol. The Labute approximate surface area is 203 Å². The zero-order valence-electron chi connectivity index (χ0n) is 20.1. The van der Waals surface area contributed by atoms with E-state index in [-0.39, 0.29) is 16.7 Å². The Kier molecular flexibility index (Phi) is 7.13. The van der Waals surface area contributed by atoms with Gasteiger partial charge in [0.2, 0.25) is 0 Å². The minimum absolute atomic E-state index is 0.180. The summed E-state index contributed by atoms with van der Waals surface area (Å²) in [5, 5.41) is 12.5. The number of aryl methyl sites for hydroxylation is 1. The van der Waals surface area contributed by atoms with E-state index in [9.17, 15) is 14.9 Å². The molecule has 3 aromatic rings. The average Bonchev–Trinajstić information content (AvgIpc) is 2.86. The first-order chi connectivity index (χ1) is 16.9. The first kappa shape index (κ1) is 24.0. The molecule has 4 rings (SSSR count). The minimum Gasteiger partial charge on any atom is -0.494 e. The van der Waals surface area contributed by atoms with Crippen LogP contribution < -0.4 is 20.5 Å². The van der Waals surface area contributed by atoms with Crippen molar-refractivity contribution in [2.75, 3.05) is 50.1 Å². The molecule has 9 nitrogen and oxygen atoms in total. The van der Waals surface area contributed by atoms with E-state index in [1.165, 1.54) is 10.5 Å². The highest BCUT2D eigenvalue weighted by Crippen LogP contribution is 2.22. The molecule has 3 heterocycles. The zero-order chi connectivity index (χ0) is 24.9. The lowest BCUT2D eigenvalue weighted by Gasteiger charge is -2.34. The van der Waals surface area contributed by atoms with Gasteiger partial charge < -0.3 is 19.9 Å². The summed E-state index contributed by atoms with van der Waals surface area (Å²) < 4.78 is 6.88. The maximum Gasteiger partial charge on any atom is 0.267 e. The summed E-state index contributed by atoms with van der Waals surface area (Å²) in [5.41, 5.74) is 1.65. The van der Waals surface area contributed by atoms with Gasteiger partial charge in [-0.1, -0.05) is 6.07 Å². The topological polar surface area (TPSA) is 103 Å². The summed E-state index contributed by atoms with van der Waals surface area (Å²) in [5.74, 6) is 0.567. The fourth-order valence-electron chi connectivity index (χ4n) is 3.98. The van der Waals surface area contributed by atoms with Crippen molar-refractivity contribution in [2.24, 2.45) is 0 Å². The Bertz CT molecular complexity index is 1360. The van der Waals surface area contributed by atoms with Gasteiger partial charge in [-0.3, -0.25) is 14.0 Å². The van der Waals surface area contributed by atoms with Crippen LogP contribution in [-0.2, 0) is 4.79 Å². The third kappa shape index (κ3) is 5.18. The molecule has 1 saturated heterocycles. The first-order valence-corrected chi connectivity index (χ1v) is 11.5. The van der Waals surface area contributed by atoms with Gasteiger partial charge in [-0.2, -0.15) is 5.26 Å². The lowest BCUT2D eigenvalue weighted by atomic mass is 10.1. The molecule has 0 saturated carbocycles. The van der Waals surface area contributed by atoms with Crippen molar-refractivity contribution in [3.8, 4) is 11.8 Å². The largest absolute Gasteiger partial charge is 0.494 e. The van der Waals surface area contributed by atoms with Crippen LogP contribution in [0.3, 0.4) is 0 Å². The highest BCUT2D eigenvalue weighted by Gasteiger charge is 2.23. The van der Waals surface area contributed by atoms with E-state index in [0.29, 0.717) is 42.6 Å². The molecule has 2 aromatic heterocycles. The van der Waals surface area contributed by atoms with Gasteiger partial charge in [-0.25, -0.2) is 4.98 Å². The molecule has 1 aromatic carbocycles. The van der Waals surface area contributed by atoms with Crippen molar-refractivity contribution in [3.05, 3.63) is 69.6 Å². The smallest absolute Gasteiger partial charge is 0.267 e. The number of hydrogen-bond acceptors (Lipinski definition) is 7. The van der Waals surface area contributed by atoms with Crippen molar-refractivity contribution in [3.63, 3.8) is 0 Å². The highest BCUT2D eigenvalue weighted by atomic mass is 16.5. The fourth-order valence-corrected chi connectivity index (χ4v) is 3.98. The Hall–Kier alpha value is -4.16. The number of pyridine rings is 1. The van der Waals surface area contributed by atoms with Crippen molar-refractivity contribution < 1.29 is 9.53 Å². The maximum absolute atomic E-state index is 13.5. The lowest BCUT2D eigenvalue weighted by Crippen LogP contribution is -2.45. The second-order valence-electron chi connectivity index (χ2n) is 8.41. The summed E-state index contributed by atoms with van der Waals surface area (Å²) >= 11 is 0. The SMILES string of the molecule is CCOc1ccc(NC(=O)C(C#N)=Cc2c(N3CCN(C)CC3)nc3c(C)cccn3c2=O)cc1. The van der Waals surface area contributed by atoms with E-state index < -0.39 is 5.91 Å². The van der Waals surface area contributed by atoms with Gasteiger partial charge in [0.25, 0.3) is 11.5 Å². The van der Waals surface area contributed by atoms with Gasteiger partial charge in [0.15, 0.2) is 0 Å². The van der Waals surface area contributed by atoms with Gasteiger partial charge in [0.05, 0.1) is 12.2 Å². The number of hydrogen-bond donors (Lipinski definition) is 1. The van der Waals surface area contributed by atoms with Crippen molar-refractivity contribution in [1.29, 1.82) is 5.26 Å². The molecular weight excluding hydrogens is 444 g/mol. The van der Waals surface area contributed by atoms with E-state index in [1.807, 2.05) is 37.9 Å². The minimum atomic E-state index is -0.602. The number of ether oxygens (including phenoxy) is 1. The van der Waals surface area contributed by atoms with Crippen LogP contribution in [0.2, 0.25) is 0 Å². The number of likely N-dealkylation sites (N-methyl/N-ethyl adjacent to an activating group) is 1. The molecule has 180 valence electrons. The number of rotatable bonds is 6. The van der Waals surface area contributed by atoms with Crippen LogP contribution in [0.1, 0.15) is 18.1 Å². The Balaban J connectivity index is 1.74. The summed E-state index contributed by atoms with van der Waals surface area (Å²) in [6, 6.07) is 12.5.